The molecule has 0 aliphatic rings. The first-order valence-electron chi connectivity index (χ1n) is 25.7. The highest BCUT2D eigenvalue weighted by Crippen LogP contribution is 2.17. The molecule has 0 heterocycles. The summed E-state index contributed by atoms with van der Waals surface area (Å²) in [5.41, 5.74) is 0. The van der Waals surface area contributed by atoms with Crippen LogP contribution >= 0.6 is 0 Å². The zero-order valence-corrected chi connectivity index (χ0v) is 40.0. The second kappa shape index (κ2) is 48.3. The van der Waals surface area contributed by atoms with E-state index in [1.165, 1.54) is 109 Å². The van der Waals surface area contributed by atoms with E-state index in [1.807, 2.05) is 0 Å². The van der Waals surface area contributed by atoms with Gasteiger partial charge in [-0.3, -0.25) is 9.59 Å². The van der Waals surface area contributed by atoms with Gasteiger partial charge in [0, 0.05) is 6.42 Å². The SMILES string of the molecule is CC/C=C/C/C=C/C/C=C/C/C=C/CCCC(CC(=O)NC(CO)C(O)CCCCCCCCCCCCCCC)OC(=O)CCCCCCCC/C=C/C=C/CCCCC. The number of carbonyl (C=O) groups excluding carboxylic acids is 2. The first kappa shape index (κ1) is 58.3. The molecule has 0 saturated heterocycles. The minimum Gasteiger partial charge on any atom is -0.462 e. The van der Waals surface area contributed by atoms with Gasteiger partial charge in [-0.25, -0.2) is 0 Å². The number of rotatable bonds is 45. The standard InChI is InChI=1S/C55H97NO5/c1-4-7-10-13-16-19-22-25-27-30-33-36-39-42-45-48-55(60)61-51(46-43-40-37-34-31-29-26-23-20-17-14-11-8-5-2)49-54(59)56-52(50-57)53(58)47-44-41-38-35-32-28-24-21-18-15-12-9-6-3/h8,11,16-17,19-20,22,25-26,29,34,37,51-53,57-58H,4-7,9-10,12-15,18,21,23-24,27-28,30-33,35-36,38-50H2,1-3H3,(H,56,59)/b11-8+,19-16+,20-17+,25-22+,29-26+,37-34+. The third kappa shape index (κ3) is 43.7. The molecule has 0 aromatic heterocycles. The minimum atomic E-state index is -0.806. The molecule has 0 bridgehead atoms. The van der Waals surface area contributed by atoms with Crippen LogP contribution in [0.3, 0.4) is 0 Å². The van der Waals surface area contributed by atoms with Crippen molar-refractivity contribution in [1.29, 1.82) is 0 Å². The lowest BCUT2D eigenvalue weighted by atomic mass is 10.0. The fourth-order valence-electron chi connectivity index (χ4n) is 7.42. The van der Waals surface area contributed by atoms with Crippen molar-refractivity contribution in [3.05, 3.63) is 72.9 Å². The van der Waals surface area contributed by atoms with Crippen molar-refractivity contribution in [3.8, 4) is 0 Å². The molecule has 6 nitrogen and oxygen atoms in total. The molecular formula is C55H97NO5. The van der Waals surface area contributed by atoms with Crippen LogP contribution in [-0.2, 0) is 14.3 Å². The van der Waals surface area contributed by atoms with Crippen LogP contribution in [0.4, 0.5) is 0 Å². The lowest BCUT2D eigenvalue weighted by molar-refractivity contribution is -0.151. The van der Waals surface area contributed by atoms with Gasteiger partial charge in [0.1, 0.15) is 6.10 Å². The van der Waals surface area contributed by atoms with E-state index in [-0.39, 0.29) is 24.9 Å². The van der Waals surface area contributed by atoms with Gasteiger partial charge in [0.25, 0.3) is 0 Å². The highest BCUT2D eigenvalue weighted by molar-refractivity contribution is 5.77. The summed E-state index contributed by atoms with van der Waals surface area (Å²) in [6.07, 6.45) is 61.0. The minimum absolute atomic E-state index is 0.0327. The molecule has 0 spiro atoms. The number of ether oxygens (including phenoxy) is 1. The maximum absolute atomic E-state index is 13.2. The van der Waals surface area contributed by atoms with Crippen LogP contribution in [0.1, 0.15) is 239 Å². The molecule has 0 aromatic carbocycles. The summed E-state index contributed by atoms with van der Waals surface area (Å²) >= 11 is 0. The van der Waals surface area contributed by atoms with E-state index >= 15 is 0 Å². The quantitative estimate of drug-likeness (QED) is 0.0245. The molecule has 61 heavy (non-hydrogen) atoms. The van der Waals surface area contributed by atoms with Gasteiger partial charge in [0.15, 0.2) is 0 Å². The molecule has 0 saturated carbocycles. The van der Waals surface area contributed by atoms with Crippen molar-refractivity contribution in [2.75, 3.05) is 6.61 Å². The van der Waals surface area contributed by atoms with E-state index in [0.717, 1.165) is 83.5 Å². The summed E-state index contributed by atoms with van der Waals surface area (Å²) in [5, 5.41) is 23.7. The van der Waals surface area contributed by atoms with E-state index in [1.54, 1.807) is 0 Å². The lowest BCUT2D eigenvalue weighted by Crippen LogP contribution is -2.46. The average Bonchev–Trinajstić information content (AvgIpc) is 3.25. The molecule has 0 radical (unpaired) electrons. The zero-order valence-electron chi connectivity index (χ0n) is 40.0. The van der Waals surface area contributed by atoms with Crippen molar-refractivity contribution >= 4 is 11.9 Å². The average molecular weight is 852 g/mol. The van der Waals surface area contributed by atoms with Crippen molar-refractivity contribution in [2.45, 2.75) is 257 Å². The number of aliphatic hydroxyl groups is 2. The molecule has 352 valence electrons. The number of carbonyl (C=O) groups is 2. The Morgan fingerprint density at radius 2 is 0.951 bits per heavy atom. The van der Waals surface area contributed by atoms with Crippen LogP contribution in [0.5, 0.6) is 0 Å². The van der Waals surface area contributed by atoms with Gasteiger partial charge in [0.2, 0.25) is 5.91 Å². The molecule has 0 rings (SSSR count). The fourth-order valence-corrected chi connectivity index (χ4v) is 7.42. The zero-order chi connectivity index (χ0) is 44.5. The summed E-state index contributed by atoms with van der Waals surface area (Å²) in [6.45, 7) is 6.32. The third-order valence-electron chi connectivity index (χ3n) is 11.3. The smallest absolute Gasteiger partial charge is 0.306 e. The van der Waals surface area contributed by atoms with Gasteiger partial charge in [0.05, 0.1) is 25.2 Å². The Kier molecular flexibility index (Phi) is 46.2. The Hall–Kier alpha value is -2.70. The molecule has 0 fully saturated rings. The summed E-state index contributed by atoms with van der Waals surface area (Å²) < 4.78 is 5.90. The lowest BCUT2D eigenvalue weighted by Gasteiger charge is -2.24. The van der Waals surface area contributed by atoms with E-state index in [0.29, 0.717) is 19.3 Å². The van der Waals surface area contributed by atoms with Crippen LogP contribution in [0, 0.1) is 0 Å². The Morgan fingerprint density at radius 1 is 0.508 bits per heavy atom. The van der Waals surface area contributed by atoms with E-state index < -0.39 is 18.2 Å². The molecule has 1 amide bonds. The van der Waals surface area contributed by atoms with Crippen LogP contribution < -0.4 is 5.32 Å². The van der Waals surface area contributed by atoms with Gasteiger partial charge < -0.3 is 20.3 Å². The molecule has 0 aliphatic heterocycles. The van der Waals surface area contributed by atoms with E-state index in [2.05, 4.69) is 99.0 Å². The Balaban J connectivity index is 4.69. The van der Waals surface area contributed by atoms with Crippen molar-refractivity contribution < 1.29 is 24.5 Å². The van der Waals surface area contributed by atoms with Crippen molar-refractivity contribution in [2.24, 2.45) is 0 Å². The largest absolute Gasteiger partial charge is 0.462 e. The number of unbranched alkanes of at least 4 members (excludes halogenated alkanes) is 22. The molecule has 0 aromatic rings. The number of aliphatic hydroxyl groups excluding tert-OH is 2. The Bertz CT molecular complexity index is 1140. The number of hydrogen-bond donors (Lipinski definition) is 3. The normalized spacial score (nSPS) is 13.9. The molecule has 3 N–H and O–H groups in total. The van der Waals surface area contributed by atoms with Crippen molar-refractivity contribution in [3.63, 3.8) is 0 Å². The van der Waals surface area contributed by atoms with Gasteiger partial charge in [-0.2, -0.15) is 0 Å². The monoisotopic (exact) mass is 852 g/mol. The summed E-state index contributed by atoms with van der Waals surface area (Å²) in [5.74, 6) is -0.543. The van der Waals surface area contributed by atoms with Gasteiger partial charge in [-0.1, -0.05) is 216 Å². The third-order valence-corrected chi connectivity index (χ3v) is 11.3. The van der Waals surface area contributed by atoms with Gasteiger partial charge in [-0.15, -0.1) is 0 Å². The highest BCUT2D eigenvalue weighted by Gasteiger charge is 2.24. The number of esters is 1. The molecule has 3 unspecified atom stereocenters. The second-order valence-corrected chi connectivity index (χ2v) is 17.2. The molecule has 6 heteroatoms. The first-order chi connectivity index (χ1) is 30.0. The van der Waals surface area contributed by atoms with Crippen LogP contribution in [0.2, 0.25) is 0 Å². The van der Waals surface area contributed by atoms with Gasteiger partial charge >= 0.3 is 5.97 Å². The Morgan fingerprint density at radius 3 is 1.49 bits per heavy atom. The Labute approximate surface area is 377 Å². The van der Waals surface area contributed by atoms with Gasteiger partial charge in [-0.05, 0) is 83.5 Å². The van der Waals surface area contributed by atoms with E-state index in [4.69, 9.17) is 4.74 Å². The fraction of sp³-hybridized carbons (Fsp3) is 0.745. The van der Waals surface area contributed by atoms with Crippen molar-refractivity contribution in [1.82, 2.24) is 5.32 Å². The summed E-state index contributed by atoms with van der Waals surface area (Å²) in [4.78, 5) is 26.1. The molecular weight excluding hydrogens is 755 g/mol. The first-order valence-corrected chi connectivity index (χ1v) is 25.7. The van der Waals surface area contributed by atoms with Crippen LogP contribution in [0.15, 0.2) is 72.9 Å². The van der Waals surface area contributed by atoms with E-state index in [9.17, 15) is 19.8 Å². The molecule has 0 aliphatic carbocycles. The maximum Gasteiger partial charge on any atom is 0.306 e. The summed E-state index contributed by atoms with van der Waals surface area (Å²) in [7, 11) is 0. The van der Waals surface area contributed by atoms with Crippen LogP contribution in [0.25, 0.3) is 0 Å². The second-order valence-electron chi connectivity index (χ2n) is 17.2. The summed E-state index contributed by atoms with van der Waals surface area (Å²) in [6, 6.07) is -0.723. The predicted octanol–water partition coefficient (Wildman–Crippen LogP) is 15.4. The predicted molar refractivity (Wildman–Crippen MR) is 264 cm³/mol. The van der Waals surface area contributed by atoms with Crippen LogP contribution in [-0.4, -0.2) is 46.9 Å². The highest BCUT2D eigenvalue weighted by atomic mass is 16.5. The number of amides is 1. The topological polar surface area (TPSA) is 95.9 Å². The number of allylic oxidation sites excluding steroid dienone is 12. The molecule has 3 atom stereocenters. The maximum atomic E-state index is 13.2. The number of hydrogen-bond acceptors (Lipinski definition) is 5. The number of nitrogens with one attached hydrogen (secondary N) is 1.